The molecule has 0 aliphatic heterocycles. The van der Waals surface area contributed by atoms with Gasteiger partial charge in [-0.1, -0.05) is 45.1 Å². The summed E-state index contributed by atoms with van der Waals surface area (Å²) < 4.78 is 21.1. The minimum absolute atomic E-state index is 0.0439. The number of fused-ring (bicyclic) bond motifs is 1. The molecular formula is C19H27O6P. The first-order chi connectivity index (χ1) is 12.4. The van der Waals surface area contributed by atoms with Crippen molar-refractivity contribution in [1.29, 1.82) is 0 Å². The Morgan fingerprint density at radius 2 is 1.85 bits per heavy atom. The summed E-state index contributed by atoms with van der Waals surface area (Å²) in [5, 5.41) is 0.829. The van der Waals surface area contributed by atoms with Crippen molar-refractivity contribution in [1.82, 2.24) is 0 Å². The lowest BCUT2D eigenvalue weighted by Gasteiger charge is -2.03. The van der Waals surface area contributed by atoms with Crippen LogP contribution in [-0.4, -0.2) is 28.5 Å². The number of carbonyl (C=O) groups is 1. The van der Waals surface area contributed by atoms with Crippen molar-refractivity contribution in [2.45, 2.75) is 51.9 Å². The van der Waals surface area contributed by atoms with E-state index < -0.39 is 19.7 Å². The predicted octanol–water partition coefficient (Wildman–Crippen LogP) is 4.67. The minimum Gasteiger partial charge on any atom is -0.459 e. The summed E-state index contributed by atoms with van der Waals surface area (Å²) in [5.41, 5.74) is 1.80. The van der Waals surface area contributed by atoms with Gasteiger partial charge < -0.3 is 18.9 Å². The van der Waals surface area contributed by atoms with Gasteiger partial charge in [0.05, 0.1) is 6.16 Å². The van der Waals surface area contributed by atoms with E-state index in [1.165, 1.54) is 37.7 Å². The van der Waals surface area contributed by atoms with Crippen molar-refractivity contribution in [2.24, 2.45) is 0 Å². The molecule has 1 aromatic heterocycles. The number of aryl methyl sites for hydroxylation is 1. The van der Waals surface area contributed by atoms with Crippen LogP contribution in [0.1, 0.15) is 61.6 Å². The highest BCUT2D eigenvalue weighted by Gasteiger charge is 2.17. The largest absolute Gasteiger partial charge is 0.459 e. The van der Waals surface area contributed by atoms with Gasteiger partial charge in [0.15, 0.2) is 0 Å². The van der Waals surface area contributed by atoms with Gasteiger partial charge in [-0.15, -0.1) is 0 Å². The summed E-state index contributed by atoms with van der Waals surface area (Å²) in [6.07, 6.45) is 7.98. The second-order valence-corrected chi connectivity index (χ2v) is 8.30. The van der Waals surface area contributed by atoms with Crippen molar-refractivity contribution < 1.29 is 28.3 Å². The molecule has 0 fully saturated rings. The van der Waals surface area contributed by atoms with Crippen LogP contribution in [0.2, 0.25) is 0 Å². The smallest absolute Gasteiger partial charge is 0.374 e. The number of unbranched alkanes of at least 4 members (excludes halogenated alkanes) is 5. The highest BCUT2D eigenvalue weighted by Crippen LogP contribution is 2.33. The fourth-order valence-corrected chi connectivity index (χ4v) is 3.12. The van der Waals surface area contributed by atoms with Crippen LogP contribution in [0, 0.1) is 0 Å². The van der Waals surface area contributed by atoms with Gasteiger partial charge in [-0.05, 0) is 36.6 Å². The van der Waals surface area contributed by atoms with Gasteiger partial charge in [0, 0.05) is 5.39 Å². The molecule has 0 radical (unpaired) electrons. The molecule has 0 amide bonds. The SMILES string of the molecule is CCCCCCCCc1ccc2oc(C(=O)OCCP(=O)(O)O)cc2c1. The van der Waals surface area contributed by atoms with Crippen molar-refractivity contribution in [3.8, 4) is 0 Å². The summed E-state index contributed by atoms with van der Waals surface area (Å²) in [7, 11) is -4.18. The van der Waals surface area contributed by atoms with Gasteiger partial charge in [-0.2, -0.15) is 0 Å². The average Bonchev–Trinajstić information content (AvgIpc) is 3.00. The fourth-order valence-electron chi connectivity index (χ4n) is 2.79. The zero-order chi connectivity index (χ0) is 19.0. The Bertz CT molecular complexity index is 760. The standard InChI is InChI=1S/C19H27O6P/c1-2-3-4-5-6-7-8-15-9-10-17-16(13-15)14-18(25-17)19(20)24-11-12-26(21,22)23/h9-10,13-14H,2-8,11-12H2,1H3,(H2,21,22,23). The molecule has 0 saturated carbocycles. The second-order valence-electron chi connectivity index (χ2n) is 6.52. The Morgan fingerprint density at radius 1 is 1.12 bits per heavy atom. The lowest BCUT2D eigenvalue weighted by molar-refractivity contribution is 0.0492. The van der Waals surface area contributed by atoms with Crippen molar-refractivity contribution in [3.05, 3.63) is 35.6 Å². The van der Waals surface area contributed by atoms with Crippen molar-refractivity contribution in [3.63, 3.8) is 0 Å². The Labute approximate surface area is 153 Å². The van der Waals surface area contributed by atoms with Crippen LogP contribution in [0.25, 0.3) is 11.0 Å². The molecule has 0 aliphatic rings. The van der Waals surface area contributed by atoms with E-state index in [2.05, 4.69) is 6.92 Å². The molecule has 0 unspecified atom stereocenters. The van der Waals surface area contributed by atoms with E-state index in [1.807, 2.05) is 18.2 Å². The lowest BCUT2D eigenvalue weighted by atomic mass is 10.0. The molecule has 144 valence electrons. The molecule has 6 nitrogen and oxygen atoms in total. The van der Waals surface area contributed by atoms with E-state index in [-0.39, 0.29) is 12.4 Å². The number of rotatable bonds is 11. The first-order valence-corrected chi connectivity index (χ1v) is 10.9. The predicted molar refractivity (Wildman–Crippen MR) is 100 cm³/mol. The van der Waals surface area contributed by atoms with Gasteiger partial charge in [-0.3, -0.25) is 4.57 Å². The molecular weight excluding hydrogens is 355 g/mol. The van der Waals surface area contributed by atoms with Crippen LogP contribution in [0.5, 0.6) is 0 Å². The average molecular weight is 382 g/mol. The van der Waals surface area contributed by atoms with Crippen LogP contribution in [0.4, 0.5) is 0 Å². The number of benzene rings is 1. The third-order valence-corrected chi connectivity index (χ3v) is 4.98. The van der Waals surface area contributed by atoms with Crippen LogP contribution < -0.4 is 0 Å². The maximum absolute atomic E-state index is 11.9. The second kappa shape index (κ2) is 9.91. The zero-order valence-electron chi connectivity index (χ0n) is 15.1. The molecule has 2 N–H and O–H groups in total. The molecule has 0 bridgehead atoms. The Morgan fingerprint density at radius 3 is 2.58 bits per heavy atom. The molecule has 2 rings (SSSR count). The Hall–Kier alpha value is -1.62. The quantitative estimate of drug-likeness (QED) is 0.333. The molecule has 7 heteroatoms. The van der Waals surface area contributed by atoms with Gasteiger partial charge in [0.1, 0.15) is 12.2 Å². The van der Waals surface area contributed by atoms with Crippen molar-refractivity contribution >= 4 is 24.5 Å². The highest BCUT2D eigenvalue weighted by molar-refractivity contribution is 7.51. The Kier molecular flexibility index (Phi) is 7.88. The monoisotopic (exact) mass is 382 g/mol. The summed E-state index contributed by atoms with van der Waals surface area (Å²) in [6.45, 7) is 1.87. The third kappa shape index (κ3) is 6.94. The fraction of sp³-hybridized carbons (Fsp3) is 0.526. The van der Waals surface area contributed by atoms with E-state index in [0.717, 1.165) is 18.2 Å². The van der Waals surface area contributed by atoms with Gasteiger partial charge >= 0.3 is 13.6 Å². The van der Waals surface area contributed by atoms with E-state index in [0.29, 0.717) is 5.58 Å². The van der Waals surface area contributed by atoms with E-state index in [4.69, 9.17) is 18.9 Å². The lowest BCUT2D eigenvalue weighted by Crippen LogP contribution is -2.08. The van der Waals surface area contributed by atoms with Crippen LogP contribution in [-0.2, 0) is 15.7 Å². The number of hydrogen-bond acceptors (Lipinski definition) is 4. The Balaban J connectivity index is 1.88. The highest BCUT2D eigenvalue weighted by atomic mass is 31.2. The maximum atomic E-state index is 11.9. The number of furan rings is 1. The molecule has 1 aromatic carbocycles. The van der Waals surface area contributed by atoms with E-state index in [9.17, 15) is 9.36 Å². The van der Waals surface area contributed by atoms with Gasteiger partial charge in [0.25, 0.3) is 0 Å². The normalized spacial score (nSPS) is 11.8. The van der Waals surface area contributed by atoms with Gasteiger partial charge in [-0.25, -0.2) is 4.79 Å². The summed E-state index contributed by atoms with van der Waals surface area (Å²) in [5.74, 6) is -0.672. The van der Waals surface area contributed by atoms with Crippen LogP contribution in [0.3, 0.4) is 0 Å². The number of hydrogen-bond donors (Lipinski definition) is 2. The molecule has 0 spiro atoms. The minimum atomic E-state index is -4.18. The maximum Gasteiger partial charge on any atom is 0.374 e. The number of carbonyl (C=O) groups excluding carboxylic acids is 1. The van der Waals surface area contributed by atoms with Crippen molar-refractivity contribution in [2.75, 3.05) is 12.8 Å². The summed E-state index contributed by atoms with van der Waals surface area (Å²) >= 11 is 0. The summed E-state index contributed by atoms with van der Waals surface area (Å²) in [6, 6.07) is 7.46. The van der Waals surface area contributed by atoms with E-state index >= 15 is 0 Å². The third-order valence-electron chi connectivity index (χ3n) is 4.22. The molecule has 2 aromatic rings. The molecule has 1 heterocycles. The van der Waals surface area contributed by atoms with Crippen LogP contribution >= 0.6 is 7.60 Å². The molecule has 0 atom stereocenters. The molecule has 26 heavy (non-hydrogen) atoms. The molecule has 0 aliphatic carbocycles. The first-order valence-electron chi connectivity index (χ1n) is 9.13. The van der Waals surface area contributed by atoms with E-state index in [1.54, 1.807) is 6.07 Å². The molecule has 0 saturated heterocycles. The topological polar surface area (TPSA) is 97.0 Å². The summed E-state index contributed by atoms with van der Waals surface area (Å²) in [4.78, 5) is 29.5. The first kappa shape index (κ1) is 20.7. The van der Waals surface area contributed by atoms with Crippen LogP contribution in [0.15, 0.2) is 28.7 Å². The zero-order valence-corrected chi connectivity index (χ0v) is 16.0. The number of ether oxygens (including phenoxy) is 1. The van der Waals surface area contributed by atoms with Gasteiger partial charge in [0.2, 0.25) is 5.76 Å². The number of esters is 1.